The monoisotopic (exact) mass is 270 g/mol. The van der Waals surface area contributed by atoms with Crippen LogP contribution in [0.3, 0.4) is 0 Å². The minimum atomic E-state index is -0.311. The molecule has 88 valence electrons. The summed E-state index contributed by atoms with van der Waals surface area (Å²) in [5.74, 6) is -0.311. The summed E-state index contributed by atoms with van der Waals surface area (Å²) in [5.41, 5.74) is 1.09. The van der Waals surface area contributed by atoms with Crippen molar-refractivity contribution >= 4 is 29.1 Å². The van der Waals surface area contributed by atoms with E-state index in [0.29, 0.717) is 6.54 Å². The fourth-order valence-electron chi connectivity index (χ4n) is 1.23. The molecule has 0 unspecified atom stereocenters. The molecule has 0 aliphatic rings. The molecule has 0 aliphatic heterocycles. The van der Waals surface area contributed by atoms with Crippen LogP contribution >= 0.6 is 23.2 Å². The lowest BCUT2D eigenvalue weighted by atomic mass is 10.2. The fraction of sp³-hybridized carbons (Fsp3) is 0.100. The lowest BCUT2D eigenvalue weighted by Crippen LogP contribution is -2.23. The average Bonchev–Trinajstić information content (AvgIpc) is 2.78. The topological polar surface area (TPSA) is 70.7 Å². The van der Waals surface area contributed by atoms with Crippen LogP contribution in [0.2, 0.25) is 10.3 Å². The maximum atomic E-state index is 11.8. The number of hydrogen-bond donors (Lipinski definition) is 2. The van der Waals surface area contributed by atoms with Gasteiger partial charge in [-0.3, -0.25) is 4.79 Å². The third kappa shape index (κ3) is 2.95. The molecule has 1 amide bonds. The van der Waals surface area contributed by atoms with Crippen LogP contribution in [0.5, 0.6) is 0 Å². The highest BCUT2D eigenvalue weighted by atomic mass is 35.5. The van der Waals surface area contributed by atoms with Crippen LogP contribution in [0.25, 0.3) is 0 Å². The minimum Gasteiger partial charge on any atom is -0.347 e. The van der Waals surface area contributed by atoms with Gasteiger partial charge in [-0.1, -0.05) is 23.2 Å². The summed E-state index contributed by atoms with van der Waals surface area (Å²) in [6.07, 6.45) is 3.17. The SMILES string of the molecule is O=C(NCc1cnc[nH]1)c1ccc(Cl)nc1Cl. The van der Waals surface area contributed by atoms with E-state index in [2.05, 4.69) is 20.3 Å². The molecule has 5 nitrogen and oxygen atoms in total. The maximum absolute atomic E-state index is 11.8. The van der Waals surface area contributed by atoms with E-state index in [1.165, 1.54) is 18.5 Å². The van der Waals surface area contributed by atoms with E-state index in [9.17, 15) is 4.79 Å². The zero-order valence-corrected chi connectivity index (χ0v) is 10.1. The van der Waals surface area contributed by atoms with E-state index in [1.807, 2.05) is 0 Å². The van der Waals surface area contributed by atoms with Crippen molar-refractivity contribution in [1.82, 2.24) is 20.3 Å². The van der Waals surface area contributed by atoms with Crippen molar-refractivity contribution in [2.45, 2.75) is 6.54 Å². The van der Waals surface area contributed by atoms with Gasteiger partial charge in [0.15, 0.2) is 0 Å². The summed E-state index contributed by atoms with van der Waals surface area (Å²) < 4.78 is 0. The Morgan fingerprint density at radius 1 is 1.41 bits per heavy atom. The molecule has 2 rings (SSSR count). The second-order valence-corrected chi connectivity index (χ2v) is 3.98. The molecule has 0 radical (unpaired) electrons. The van der Waals surface area contributed by atoms with Crippen molar-refractivity contribution in [2.24, 2.45) is 0 Å². The molecular weight excluding hydrogens is 263 g/mol. The summed E-state index contributed by atoms with van der Waals surface area (Å²) in [4.78, 5) is 22.3. The molecule has 2 heterocycles. The van der Waals surface area contributed by atoms with Crippen molar-refractivity contribution in [2.75, 3.05) is 0 Å². The number of carbonyl (C=O) groups is 1. The number of amides is 1. The Bertz CT molecular complexity index is 527. The number of carbonyl (C=O) groups excluding carboxylic acids is 1. The standard InChI is InChI=1S/C10H8Cl2N4O/c11-8-2-1-7(9(12)16-8)10(17)14-4-6-3-13-5-15-6/h1-3,5H,4H2,(H,13,15)(H,14,17). The molecule has 7 heteroatoms. The van der Waals surface area contributed by atoms with Gasteiger partial charge < -0.3 is 10.3 Å². The van der Waals surface area contributed by atoms with Crippen molar-refractivity contribution in [3.05, 3.63) is 46.2 Å². The summed E-state index contributed by atoms with van der Waals surface area (Å²) in [6, 6.07) is 3.04. The zero-order valence-electron chi connectivity index (χ0n) is 8.58. The van der Waals surface area contributed by atoms with Gasteiger partial charge >= 0.3 is 0 Å². The second kappa shape index (κ2) is 5.16. The first-order valence-electron chi connectivity index (χ1n) is 4.74. The summed E-state index contributed by atoms with van der Waals surface area (Å²) >= 11 is 11.4. The normalized spacial score (nSPS) is 10.2. The minimum absolute atomic E-state index is 0.0830. The van der Waals surface area contributed by atoms with Gasteiger partial charge in [0.05, 0.1) is 24.1 Å². The fourth-order valence-corrected chi connectivity index (χ4v) is 1.66. The lowest BCUT2D eigenvalue weighted by molar-refractivity contribution is 0.0950. The smallest absolute Gasteiger partial charge is 0.254 e. The molecule has 17 heavy (non-hydrogen) atoms. The van der Waals surface area contributed by atoms with Crippen LogP contribution in [0.1, 0.15) is 16.1 Å². The molecular formula is C10H8Cl2N4O. The first-order valence-corrected chi connectivity index (χ1v) is 5.50. The predicted molar refractivity (Wildman–Crippen MR) is 64.0 cm³/mol. The first kappa shape index (κ1) is 11.9. The molecule has 0 aromatic carbocycles. The Morgan fingerprint density at radius 3 is 2.88 bits per heavy atom. The first-order chi connectivity index (χ1) is 8.16. The second-order valence-electron chi connectivity index (χ2n) is 3.23. The number of imidazole rings is 1. The lowest BCUT2D eigenvalue weighted by Gasteiger charge is -2.05. The molecule has 0 bridgehead atoms. The number of H-pyrrole nitrogens is 1. The highest BCUT2D eigenvalue weighted by molar-refractivity contribution is 6.34. The Morgan fingerprint density at radius 2 is 2.24 bits per heavy atom. The van der Waals surface area contributed by atoms with Crippen molar-refractivity contribution in [3.63, 3.8) is 0 Å². The molecule has 0 saturated heterocycles. The summed E-state index contributed by atoms with van der Waals surface area (Å²) in [7, 11) is 0. The van der Waals surface area contributed by atoms with Crippen molar-refractivity contribution in [3.8, 4) is 0 Å². The van der Waals surface area contributed by atoms with Gasteiger partial charge in [-0.05, 0) is 12.1 Å². The number of aromatic nitrogens is 3. The Kier molecular flexibility index (Phi) is 3.61. The summed E-state index contributed by atoms with van der Waals surface area (Å²) in [6.45, 7) is 0.345. The van der Waals surface area contributed by atoms with E-state index in [-0.39, 0.29) is 21.8 Å². The van der Waals surface area contributed by atoms with E-state index < -0.39 is 0 Å². The van der Waals surface area contributed by atoms with Gasteiger partial charge in [-0.25, -0.2) is 9.97 Å². The molecule has 0 atom stereocenters. The van der Waals surface area contributed by atoms with Gasteiger partial charge in [0.25, 0.3) is 5.91 Å². The van der Waals surface area contributed by atoms with Crippen LogP contribution in [0, 0.1) is 0 Å². The average molecular weight is 271 g/mol. The molecule has 0 spiro atoms. The number of aromatic amines is 1. The number of hydrogen-bond acceptors (Lipinski definition) is 3. The Labute approximate surface area is 107 Å². The molecule has 0 fully saturated rings. The number of nitrogens with zero attached hydrogens (tertiary/aromatic N) is 2. The number of rotatable bonds is 3. The number of pyridine rings is 1. The van der Waals surface area contributed by atoms with Crippen LogP contribution in [0.15, 0.2) is 24.7 Å². The quantitative estimate of drug-likeness (QED) is 0.839. The van der Waals surface area contributed by atoms with Crippen molar-refractivity contribution < 1.29 is 4.79 Å². The van der Waals surface area contributed by atoms with E-state index >= 15 is 0 Å². The molecule has 0 aliphatic carbocycles. The third-order valence-corrected chi connectivity index (χ3v) is 2.55. The molecule has 0 saturated carbocycles. The highest BCUT2D eigenvalue weighted by Gasteiger charge is 2.11. The highest BCUT2D eigenvalue weighted by Crippen LogP contribution is 2.16. The summed E-state index contributed by atoms with van der Waals surface area (Å²) in [5, 5.41) is 3.02. The molecule has 2 aromatic heterocycles. The van der Waals surface area contributed by atoms with Gasteiger partial charge in [0, 0.05) is 6.20 Å². The van der Waals surface area contributed by atoms with Gasteiger partial charge in [-0.2, -0.15) is 0 Å². The van der Waals surface area contributed by atoms with E-state index in [1.54, 1.807) is 6.20 Å². The van der Waals surface area contributed by atoms with Crippen molar-refractivity contribution in [1.29, 1.82) is 0 Å². The maximum Gasteiger partial charge on any atom is 0.254 e. The molecule has 2 N–H and O–H groups in total. The predicted octanol–water partition coefficient (Wildman–Crippen LogP) is 2.04. The van der Waals surface area contributed by atoms with Crippen LogP contribution in [-0.4, -0.2) is 20.9 Å². The number of halogens is 2. The van der Waals surface area contributed by atoms with Gasteiger partial charge in [0.1, 0.15) is 10.3 Å². The zero-order chi connectivity index (χ0) is 12.3. The van der Waals surface area contributed by atoms with Crippen LogP contribution in [0.4, 0.5) is 0 Å². The van der Waals surface area contributed by atoms with Crippen LogP contribution < -0.4 is 5.32 Å². The largest absolute Gasteiger partial charge is 0.347 e. The van der Waals surface area contributed by atoms with Gasteiger partial charge in [0.2, 0.25) is 0 Å². The van der Waals surface area contributed by atoms with Crippen LogP contribution in [-0.2, 0) is 6.54 Å². The van der Waals surface area contributed by atoms with Gasteiger partial charge in [-0.15, -0.1) is 0 Å². The Balaban J connectivity index is 2.04. The number of nitrogens with one attached hydrogen (secondary N) is 2. The van der Waals surface area contributed by atoms with E-state index in [4.69, 9.17) is 23.2 Å². The van der Waals surface area contributed by atoms with E-state index in [0.717, 1.165) is 5.69 Å². The third-order valence-electron chi connectivity index (χ3n) is 2.05. The molecule has 2 aromatic rings. The Hall–Kier alpha value is -1.59.